The summed E-state index contributed by atoms with van der Waals surface area (Å²) in [6.07, 6.45) is 1.56. The minimum absolute atomic E-state index is 0.181. The van der Waals surface area contributed by atoms with Crippen LogP contribution >= 0.6 is 0 Å². The number of benzene rings is 2. The zero-order valence-corrected chi connectivity index (χ0v) is 14.5. The molecule has 0 spiro atoms. The van der Waals surface area contributed by atoms with E-state index in [2.05, 4.69) is 0 Å². The third kappa shape index (κ3) is 5.60. The van der Waals surface area contributed by atoms with Crippen molar-refractivity contribution in [1.82, 2.24) is 0 Å². The van der Waals surface area contributed by atoms with E-state index in [0.29, 0.717) is 11.1 Å². The van der Waals surface area contributed by atoms with Crippen molar-refractivity contribution in [3.8, 4) is 11.1 Å². The molecule has 2 rings (SSSR count). The van der Waals surface area contributed by atoms with Gasteiger partial charge < -0.3 is 15.3 Å². The molecule has 0 saturated heterocycles. The minimum atomic E-state index is -0.708. The Kier molecular flexibility index (Phi) is 8.15. The van der Waals surface area contributed by atoms with Crippen molar-refractivity contribution in [3.05, 3.63) is 59.2 Å². The highest BCUT2D eigenvalue weighted by Gasteiger charge is 2.20. The van der Waals surface area contributed by atoms with Crippen molar-refractivity contribution in [2.24, 2.45) is 5.41 Å². The highest BCUT2D eigenvalue weighted by molar-refractivity contribution is 5.92. The summed E-state index contributed by atoms with van der Waals surface area (Å²) in [5.41, 5.74) is 3.12. The van der Waals surface area contributed by atoms with E-state index in [9.17, 15) is 9.59 Å². The van der Waals surface area contributed by atoms with Crippen LogP contribution in [-0.4, -0.2) is 47.7 Å². The molecule has 5 nitrogen and oxygen atoms in total. The van der Waals surface area contributed by atoms with E-state index < -0.39 is 5.41 Å². The predicted octanol–water partition coefficient (Wildman–Crippen LogP) is 2.26. The van der Waals surface area contributed by atoms with Crippen LogP contribution in [0.15, 0.2) is 42.5 Å². The second-order valence-corrected chi connectivity index (χ2v) is 6.18. The molecule has 2 aromatic carbocycles. The average molecular weight is 344 g/mol. The van der Waals surface area contributed by atoms with E-state index in [0.717, 1.165) is 29.3 Å². The summed E-state index contributed by atoms with van der Waals surface area (Å²) in [6, 6.07) is 13.2. The Morgan fingerprint density at radius 1 is 0.880 bits per heavy atom. The lowest BCUT2D eigenvalue weighted by molar-refractivity contribution is 0.0200. The van der Waals surface area contributed by atoms with E-state index in [1.807, 2.05) is 43.3 Å². The molecule has 5 heteroatoms. The Labute approximate surface area is 147 Å². The van der Waals surface area contributed by atoms with Crippen LogP contribution in [0.25, 0.3) is 11.1 Å². The van der Waals surface area contributed by atoms with Crippen LogP contribution < -0.4 is 0 Å². The third-order valence-corrected chi connectivity index (χ3v) is 3.92. The van der Waals surface area contributed by atoms with Gasteiger partial charge in [-0.25, -0.2) is 0 Å². The largest absolute Gasteiger partial charge is 0.396 e. The second-order valence-electron chi connectivity index (χ2n) is 6.18. The lowest BCUT2D eigenvalue weighted by Crippen LogP contribution is -2.29. The monoisotopic (exact) mass is 344 g/mol. The summed E-state index contributed by atoms with van der Waals surface area (Å²) in [7, 11) is 0. The van der Waals surface area contributed by atoms with Crippen LogP contribution in [0.4, 0.5) is 0 Å². The first-order valence-electron chi connectivity index (χ1n) is 7.87. The Morgan fingerprint density at radius 2 is 1.40 bits per heavy atom. The van der Waals surface area contributed by atoms with Crippen LogP contribution in [-0.2, 0) is 0 Å². The minimum Gasteiger partial charge on any atom is -0.396 e. The van der Waals surface area contributed by atoms with Gasteiger partial charge in [0.05, 0.1) is 19.8 Å². The van der Waals surface area contributed by atoms with Gasteiger partial charge in [0.25, 0.3) is 0 Å². The lowest BCUT2D eigenvalue weighted by atomic mass is 9.95. The SMILES string of the molecule is CC(CO)(CO)CO.Cc1cc(-c2ccccc2)c(C=O)cc1C=O. The predicted molar refractivity (Wildman–Crippen MR) is 96.8 cm³/mol. The number of aryl methyl sites for hydroxylation is 1. The molecule has 0 aliphatic heterocycles. The molecule has 0 fully saturated rings. The fourth-order valence-electron chi connectivity index (χ4n) is 1.98. The van der Waals surface area contributed by atoms with E-state index in [1.54, 1.807) is 13.0 Å². The fraction of sp³-hybridized carbons (Fsp3) is 0.300. The second kappa shape index (κ2) is 9.84. The molecule has 0 aromatic heterocycles. The molecular weight excluding hydrogens is 320 g/mol. The maximum atomic E-state index is 11.1. The molecule has 0 amide bonds. The molecule has 3 N–H and O–H groups in total. The van der Waals surface area contributed by atoms with E-state index in [1.165, 1.54) is 0 Å². The molecule has 134 valence electrons. The molecule has 0 radical (unpaired) electrons. The van der Waals surface area contributed by atoms with Crippen molar-refractivity contribution in [3.63, 3.8) is 0 Å². The number of aliphatic hydroxyl groups excluding tert-OH is 3. The molecule has 0 heterocycles. The van der Waals surface area contributed by atoms with Gasteiger partial charge in [0.2, 0.25) is 0 Å². The first kappa shape index (κ1) is 20.7. The Hall–Kier alpha value is -2.34. The Balaban J connectivity index is 0.000000333. The smallest absolute Gasteiger partial charge is 0.150 e. The van der Waals surface area contributed by atoms with Gasteiger partial charge in [0.15, 0.2) is 6.29 Å². The van der Waals surface area contributed by atoms with Crippen LogP contribution in [0.2, 0.25) is 0 Å². The van der Waals surface area contributed by atoms with Crippen molar-refractivity contribution in [2.45, 2.75) is 13.8 Å². The summed E-state index contributed by atoms with van der Waals surface area (Å²) in [4.78, 5) is 21.9. The fourth-order valence-corrected chi connectivity index (χ4v) is 1.98. The first-order chi connectivity index (χ1) is 11.9. The number of carbonyl (C=O) groups excluding carboxylic acids is 2. The van der Waals surface area contributed by atoms with Gasteiger partial charge >= 0.3 is 0 Å². The Bertz CT molecular complexity index is 682. The maximum absolute atomic E-state index is 11.1. The summed E-state index contributed by atoms with van der Waals surface area (Å²) >= 11 is 0. The number of aldehydes is 2. The summed E-state index contributed by atoms with van der Waals surface area (Å²) in [5.74, 6) is 0. The molecule has 0 unspecified atom stereocenters. The van der Waals surface area contributed by atoms with Gasteiger partial charge in [-0.2, -0.15) is 0 Å². The van der Waals surface area contributed by atoms with Gasteiger partial charge in [-0.1, -0.05) is 43.3 Å². The number of carbonyl (C=O) groups is 2. The van der Waals surface area contributed by atoms with Crippen LogP contribution in [0.5, 0.6) is 0 Å². The Morgan fingerprint density at radius 3 is 1.80 bits per heavy atom. The van der Waals surface area contributed by atoms with Gasteiger partial charge in [-0.3, -0.25) is 9.59 Å². The van der Waals surface area contributed by atoms with Gasteiger partial charge in [-0.05, 0) is 29.7 Å². The summed E-state index contributed by atoms with van der Waals surface area (Å²) in [6.45, 7) is 2.93. The van der Waals surface area contributed by atoms with Gasteiger partial charge in [0.1, 0.15) is 6.29 Å². The average Bonchev–Trinajstić information content (AvgIpc) is 2.68. The molecule has 0 aliphatic carbocycles. The molecule has 0 atom stereocenters. The zero-order chi connectivity index (χ0) is 18.9. The normalized spacial score (nSPS) is 10.6. The van der Waals surface area contributed by atoms with Gasteiger partial charge in [0, 0.05) is 16.5 Å². The number of rotatable bonds is 6. The highest BCUT2D eigenvalue weighted by Crippen LogP contribution is 2.25. The molecule has 0 saturated carbocycles. The molecule has 25 heavy (non-hydrogen) atoms. The number of hydrogen-bond acceptors (Lipinski definition) is 5. The van der Waals surface area contributed by atoms with Crippen molar-refractivity contribution >= 4 is 12.6 Å². The maximum Gasteiger partial charge on any atom is 0.150 e. The highest BCUT2D eigenvalue weighted by atomic mass is 16.3. The topological polar surface area (TPSA) is 94.8 Å². The summed E-state index contributed by atoms with van der Waals surface area (Å²) < 4.78 is 0. The number of aliphatic hydroxyl groups is 3. The lowest BCUT2D eigenvalue weighted by Gasteiger charge is -2.20. The summed E-state index contributed by atoms with van der Waals surface area (Å²) in [5, 5.41) is 25.4. The van der Waals surface area contributed by atoms with Crippen molar-refractivity contribution in [2.75, 3.05) is 19.8 Å². The van der Waals surface area contributed by atoms with Crippen molar-refractivity contribution < 1.29 is 24.9 Å². The zero-order valence-electron chi connectivity index (χ0n) is 14.5. The third-order valence-electron chi connectivity index (χ3n) is 3.92. The van der Waals surface area contributed by atoms with Gasteiger partial charge in [-0.15, -0.1) is 0 Å². The molecule has 2 aromatic rings. The van der Waals surface area contributed by atoms with Crippen LogP contribution in [0, 0.1) is 12.3 Å². The van der Waals surface area contributed by atoms with E-state index >= 15 is 0 Å². The molecule has 0 aliphatic rings. The molecular formula is C20H24O5. The quantitative estimate of drug-likeness (QED) is 0.699. The number of hydrogen-bond donors (Lipinski definition) is 3. The van der Waals surface area contributed by atoms with Crippen molar-refractivity contribution in [1.29, 1.82) is 0 Å². The van der Waals surface area contributed by atoms with E-state index in [-0.39, 0.29) is 19.8 Å². The van der Waals surface area contributed by atoms with Crippen LogP contribution in [0.3, 0.4) is 0 Å². The first-order valence-corrected chi connectivity index (χ1v) is 7.87. The van der Waals surface area contributed by atoms with E-state index in [4.69, 9.17) is 15.3 Å². The standard InChI is InChI=1S/C15H12O2.C5H12O3/c1-11-7-15(12-5-3-2-4-6-12)14(10-17)8-13(11)9-16;1-5(2-6,3-7)4-8/h2-10H,1H3;6-8H,2-4H2,1H3. The molecule has 0 bridgehead atoms. The van der Waals surface area contributed by atoms with Crippen LogP contribution in [0.1, 0.15) is 33.2 Å².